The normalized spacial score (nSPS) is 23.4. The van der Waals surface area contributed by atoms with Crippen LogP contribution in [0.15, 0.2) is 21.6 Å². The van der Waals surface area contributed by atoms with Crippen molar-refractivity contribution < 1.29 is 8.42 Å². The van der Waals surface area contributed by atoms with Gasteiger partial charge in [0.15, 0.2) is 0 Å². The largest absolute Gasteiger partial charge is 0.245 e. The van der Waals surface area contributed by atoms with Gasteiger partial charge in [-0.2, -0.15) is 0 Å². The molecule has 18 heavy (non-hydrogen) atoms. The molecular weight excluding hydrogens is 340 g/mol. The second kappa shape index (κ2) is 5.07. The molecule has 0 saturated heterocycles. The lowest BCUT2D eigenvalue weighted by Crippen LogP contribution is -2.29. The quantitative estimate of drug-likeness (QED) is 0.782. The van der Waals surface area contributed by atoms with Crippen molar-refractivity contribution in [2.75, 3.05) is 13.6 Å². The number of halogens is 2. The molecule has 0 aromatic carbocycles. The number of nitrogens with zero attached hydrogens (tertiary/aromatic N) is 2. The summed E-state index contributed by atoms with van der Waals surface area (Å²) < 4.78 is 26.7. The van der Waals surface area contributed by atoms with Gasteiger partial charge >= 0.3 is 0 Å². The van der Waals surface area contributed by atoms with E-state index in [1.165, 1.54) is 16.6 Å². The summed E-state index contributed by atoms with van der Waals surface area (Å²) in [5, 5.41) is 0.00824. The van der Waals surface area contributed by atoms with Crippen LogP contribution in [0.1, 0.15) is 13.3 Å². The molecule has 0 radical (unpaired) electrons. The average molecular weight is 354 g/mol. The lowest BCUT2D eigenvalue weighted by molar-refractivity contribution is 0.444. The molecule has 4 nitrogen and oxygen atoms in total. The molecule has 1 aromatic rings. The maximum absolute atomic E-state index is 12.4. The summed E-state index contributed by atoms with van der Waals surface area (Å²) in [6.45, 7) is 2.66. The minimum atomic E-state index is -3.56. The molecule has 1 aliphatic rings. The van der Waals surface area contributed by atoms with E-state index in [2.05, 4.69) is 27.8 Å². The molecule has 2 unspecified atom stereocenters. The first kappa shape index (κ1) is 14.2. The molecule has 0 N–H and O–H groups in total. The van der Waals surface area contributed by atoms with Gasteiger partial charge in [0.25, 0.3) is 0 Å². The second-order valence-electron chi connectivity index (χ2n) is 4.70. The maximum atomic E-state index is 12.4. The molecule has 1 heterocycles. The van der Waals surface area contributed by atoms with Crippen LogP contribution in [-0.2, 0) is 10.0 Å². The smallest absolute Gasteiger partial charge is 0.242 e. The molecule has 1 aromatic heterocycles. The molecule has 0 aliphatic heterocycles. The minimum Gasteiger partial charge on any atom is -0.242 e. The molecule has 2 atom stereocenters. The number of hydrogen-bond acceptors (Lipinski definition) is 3. The fourth-order valence-electron chi connectivity index (χ4n) is 1.83. The maximum Gasteiger partial charge on any atom is 0.245 e. The Balaban J connectivity index is 2.26. The summed E-state index contributed by atoms with van der Waals surface area (Å²) in [6.07, 6.45) is 2.56. The van der Waals surface area contributed by atoms with Crippen LogP contribution < -0.4 is 0 Å². The van der Waals surface area contributed by atoms with Gasteiger partial charge in [-0.25, -0.2) is 17.7 Å². The molecule has 100 valence electrons. The highest BCUT2D eigenvalue weighted by molar-refractivity contribution is 9.10. The molecule has 1 fully saturated rings. The van der Waals surface area contributed by atoms with Crippen molar-refractivity contribution in [3.05, 3.63) is 21.9 Å². The standard InChI is InChI=1S/C11H14BrClN2O2S/c1-7-3-8(7)6-15(2)18(16,17)10-4-9(12)5-14-11(10)13/h4-5,7-8H,3,6H2,1-2H3. The Morgan fingerprint density at radius 2 is 2.22 bits per heavy atom. The SMILES string of the molecule is CC1CC1CN(C)S(=O)(=O)c1cc(Br)cnc1Cl. The summed E-state index contributed by atoms with van der Waals surface area (Å²) in [6, 6.07) is 1.48. The third kappa shape index (κ3) is 2.87. The Bertz CT molecular complexity index is 564. The highest BCUT2D eigenvalue weighted by Gasteiger charge is 2.36. The molecule has 1 saturated carbocycles. The van der Waals surface area contributed by atoms with Crippen molar-refractivity contribution in [3.8, 4) is 0 Å². The highest BCUT2D eigenvalue weighted by atomic mass is 79.9. The van der Waals surface area contributed by atoms with Gasteiger partial charge < -0.3 is 0 Å². The Morgan fingerprint density at radius 3 is 2.78 bits per heavy atom. The molecule has 7 heteroatoms. The highest BCUT2D eigenvalue weighted by Crippen LogP contribution is 2.39. The van der Waals surface area contributed by atoms with Gasteiger partial charge in [-0.1, -0.05) is 18.5 Å². The van der Waals surface area contributed by atoms with E-state index in [-0.39, 0.29) is 10.0 Å². The summed E-state index contributed by atoms with van der Waals surface area (Å²) in [5.41, 5.74) is 0. The van der Waals surface area contributed by atoms with E-state index in [1.54, 1.807) is 7.05 Å². The third-order valence-corrected chi connectivity index (χ3v) is 5.91. The molecule has 2 rings (SSSR count). The topological polar surface area (TPSA) is 50.3 Å². The zero-order chi connectivity index (χ0) is 13.5. The Labute approximate surface area is 121 Å². The van der Waals surface area contributed by atoms with Gasteiger partial charge in [0.05, 0.1) is 0 Å². The fourth-order valence-corrected chi connectivity index (χ4v) is 3.98. The number of aromatic nitrogens is 1. The van der Waals surface area contributed by atoms with Gasteiger partial charge in [0, 0.05) is 24.3 Å². The number of pyridine rings is 1. The lowest BCUT2D eigenvalue weighted by atomic mass is 10.3. The first-order chi connectivity index (χ1) is 8.32. The van der Waals surface area contributed by atoms with Crippen LogP contribution in [0.2, 0.25) is 5.15 Å². The predicted octanol–water partition coefficient (Wildman–Crippen LogP) is 2.77. The van der Waals surface area contributed by atoms with Crippen molar-refractivity contribution >= 4 is 37.6 Å². The van der Waals surface area contributed by atoms with Crippen molar-refractivity contribution in [3.63, 3.8) is 0 Å². The van der Waals surface area contributed by atoms with Crippen LogP contribution in [0.5, 0.6) is 0 Å². The first-order valence-electron chi connectivity index (χ1n) is 5.59. The zero-order valence-electron chi connectivity index (χ0n) is 10.1. The minimum absolute atomic E-state index is 0.00824. The summed E-state index contributed by atoms with van der Waals surface area (Å²) in [5.74, 6) is 1.07. The van der Waals surface area contributed by atoms with Gasteiger partial charge in [-0.05, 0) is 40.3 Å². The monoisotopic (exact) mass is 352 g/mol. The van der Waals surface area contributed by atoms with Crippen LogP contribution in [-0.4, -0.2) is 31.3 Å². The Kier molecular flexibility index (Phi) is 4.02. The molecule has 0 amide bonds. The second-order valence-corrected chi connectivity index (χ2v) is 7.99. The summed E-state index contributed by atoms with van der Waals surface area (Å²) >= 11 is 9.07. The number of hydrogen-bond donors (Lipinski definition) is 0. The van der Waals surface area contributed by atoms with Gasteiger partial charge in [0.1, 0.15) is 10.0 Å². The van der Waals surface area contributed by atoms with E-state index in [1.807, 2.05) is 0 Å². The van der Waals surface area contributed by atoms with Gasteiger partial charge in [0.2, 0.25) is 10.0 Å². The fraction of sp³-hybridized carbons (Fsp3) is 0.545. The Morgan fingerprint density at radius 1 is 1.61 bits per heavy atom. The van der Waals surface area contributed by atoms with Crippen molar-refractivity contribution in [1.82, 2.24) is 9.29 Å². The molecule has 0 bridgehead atoms. The van der Waals surface area contributed by atoms with E-state index < -0.39 is 10.0 Å². The zero-order valence-corrected chi connectivity index (χ0v) is 13.3. The van der Waals surface area contributed by atoms with Crippen LogP contribution in [0.25, 0.3) is 0 Å². The summed E-state index contributed by atoms with van der Waals surface area (Å²) in [7, 11) is -1.98. The number of sulfonamides is 1. The average Bonchev–Trinajstić information content (AvgIpc) is 2.97. The molecule has 0 spiro atoms. The molecule has 1 aliphatic carbocycles. The number of rotatable bonds is 4. The van der Waals surface area contributed by atoms with Crippen LogP contribution in [0, 0.1) is 11.8 Å². The van der Waals surface area contributed by atoms with E-state index in [9.17, 15) is 8.42 Å². The van der Waals surface area contributed by atoms with Crippen LogP contribution >= 0.6 is 27.5 Å². The molecular formula is C11H14BrClN2O2S. The first-order valence-corrected chi connectivity index (χ1v) is 8.21. The van der Waals surface area contributed by atoms with Crippen LogP contribution in [0.4, 0.5) is 0 Å². The van der Waals surface area contributed by atoms with E-state index >= 15 is 0 Å². The van der Waals surface area contributed by atoms with E-state index in [4.69, 9.17) is 11.6 Å². The third-order valence-electron chi connectivity index (χ3n) is 3.23. The van der Waals surface area contributed by atoms with Crippen molar-refractivity contribution in [2.24, 2.45) is 11.8 Å². The summed E-state index contributed by atoms with van der Waals surface area (Å²) in [4.78, 5) is 3.90. The predicted molar refractivity (Wildman–Crippen MR) is 74.0 cm³/mol. The van der Waals surface area contributed by atoms with Crippen molar-refractivity contribution in [1.29, 1.82) is 0 Å². The van der Waals surface area contributed by atoms with Crippen molar-refractivity contribution in [2.45, 2.75) is 18.2 Å². The van der Waals surface area contributed by atoms with Gasteiger partial charge in [-0.15, -0.1) is 0 Å². The van der Waals surface area contributed by atoms with Crippen LogP contribution in [0.3, 0.4) is 0 Å². The Hall–Kier alpha value is -0.170. The van der Waals surface area contributed by atoms with Gasteiger partial charge in [-0.3, -0.25) is 0 Å². The van der Waals surface area contributed by atoms with E-state index in [0.717, 1.165) is 6.42 Å². The van der Waals surface area contributed by atoms with E-state index in [0.29, 0.717) is 22.9 Å². The lowest BCUT2D eigenvalue weighted by Gasteiger charge is -2.17.